The topological polar surface area (TPSA) is 29.1 Å². The number of hydrogen-bond acceptors (Lipinski definition) is 3. The third-order valence-corrected chi connectivity index (χ3v) is 3.75. The Hall–Kier alpha value is -0.570. The molecule has 0 heterocycles. The molecule has 0 aliphatic carbocycles. The Labute approximate surface area is 119 Å². The summed E-state index contributed by atoms with van der Waals surface area (Å²) < 4.78 is 0.768. The van der Waals surface area contributed by atoms with Gasteiger partial charge in [-0.3, -0.25) is 4.79 Å². The van der Waals surface area contributed by atoms with Crippen LogP contribution >= 0.6 is 40.3 Å². The zero-order valence-electron chi connectivity index (χ0n) is 9.07. The van der Waals surface area contributed by atoms with Gasteiger partial charge in [0.25, 0.3) is 5.91 Å². The summed E-state index contributed by atoms with van der Waals surface area (Å²) in [5.41, 5.74) is 0.597. The Morgan fingerprint density at radius 2 is 2.35 bits per heavy atom. The lowest BCUT2D eigenvalue weighted by atomic mass is 10.2. The average Bonchev–Trinajstić information content (AvgIpc) is 2.32. The van der Waals surface area contributed by atoms with Gasteiger partial charge < -0.3 is 5.32 Å². The van der Waals surface area contributed by atoms with E-state index in [1.54, 1.807) is 17.8 Å². The molecule has 0 spiro atoms. The highest BCUT2D eigenvalue weighted by atomic mass is 79.9. The van der Waals surface area contributed by atoms with Crippen molar-refractivity contribution in [3.8, 4) is 12.3 Å². The number of nitrogens with one attached hydrogen (secondary N) is 1. The van der Waals surface area contributed by atoms with Crippen LogP contribution in [0.1, 0.15) is 10.4 Å². The Bertz CT molecular complexity index is 443. The quantitative estimate of drug-likeness (QED) is 0.494. The minimum Gasteiger partial charge on any atom is -0.351 e. The summed E-state index contributed by atoms with van der Waals surface area (Å²) in [6.45, 7) is 0.606. The zero-order chi connectivity index (χ0) is 12.7. The molecule has 0 unspecified atom stereocenters. The number of rotatable bonds is 5. The van der Waals surface area contributed by atoms with E-state index >= 15 is 0 Å². The normalized spacial score (nSPS) is 9.71. The van der Waals surface area contributed by atoms with Crippen molar-refractivity contribution in [2.45, 2.75) is 4.90 Å². The Balaban J connectivity index is 2.47. The van der Waals surface area contributed by atoms with Crippen LogP contribution in [0.3, 0.4) is 0 Å². The first kappa shape index (κ1) is 14.5. The van der Waals surface area contributed by atoms with E-state index in [0.717, 1.165) is 15.1 Å². The molecule has 90 valence electrons. The van der Waals surface area contributed by atoms with Gasteiger partial charge in [-0.1, -0.05) is 5.92 Å². The van der Waals surface area contributed by atoms with Gasteiger partial charge in [0.1, 0.15) is 0 Å². The molecule has 0 fully saturated rings. The number of thioether (sulfide) groups is 1. The zero-order valence-corrected chi connectivity index (χ0v) is 12.4. The summed E-state index contributed by atoms with van der Waals surface area (Å²) >= 11 is 9.16. The van der Waals surface area contributed by atoms with Crippen LogP contribution in [-0.4, -0.2) is 24.0 Å². The molecule has 1 aromatic carbocycles. The molecule has 0 radical (unpaired) electrons. The second-order valence-corrected chi connectivity index (χ2v) is 5.65. The molecule has 1 aromatic rings. The van der Waals surface area contributed by atoms with Gasteiger partial charge >= 0.3 is 0 Å². The van der Waals surface area contributed by atoms with Gasteiger partial charge in [0.15, 0.2) is 0 Å². The van der Waals surface area contributed by atoms with Crippen molar-refractivity contribution in [1.29, 1.82) is 0 Å². The summed E-state index contributed by atoms with van der Waals surface area (Å²) in [5.74, 6) is 3.92. The first-order chi connectivity index (χ1) is 8.15. The molecule has 0 saturated heterocycles. The Morgan fingerprint density at radius 3 is 3.06 bits per heavy atom. The highest BCUT2D eigenvalue weighted by Gasteiger charge is 2.09. The van der Waals surface area contributed by atoms with E-state index in [2.05, 4.69) is 39.8 Å². The lowest BCUT2D eigenvalue weighted by Gasteiger charge is -2.06. The van der Waals surface area contributed by atoms with Crippen LogP contribution < -0.4 is 5.32 Å². The van der Waals surface area contributed by atoms with Crippen molar-refractivity contribution >= 4 is 46.2 Å². The second-order valence-electron chi connectivity index (χ2n) is 3.18. The maximum Gasteiger partial charge on any atom is 0.252 e. The molecule has 1 amide bonds. The van der Waals surface area contributed by atoms with Crippen molar-refractivity contribution in [1.82, 2.24) is 5.32 Å². The average molecular weight is 330 g/mol. The van der Waals surface area contributed by atoms with Crippen LogP contribution in [0.5, 0.6) is 0 Å². The summed E-state index contributed by atoms with van der Waals surface area (Å²) in [6, 6.07) is 5.37. The number of carbonyl (C=O) groups is 1. The van der Waals surface area contributed by atoms with Crippen molar-refractivity contribution in [2.75, 3.05) is 18.1 Å². The van der Waals surface area contributed by atoms with Gasteiger partial charge in [0.2, 0.25) is 0 Å². The summed E-state index contributed by atoms with van der Waals surface area (Å²) in [4.78, 5) is 12.6. The van der Waals surface area contributed by atoms with Gasteiger partial charge in [-0.15, -0.1) is 30.8 Å². The van der Waals surface area contributed by atoms with Gasteiger partial charge in [0, 0.05) is 21.7 Å². The number of terminal acetylenes is 1. The number of halogens is 1. The van der Waals surface area contributed by atoms with Gasteiger partial charge in [-0.25, -0.2) is 0 Å². The number of thiol groups is 1. The highest BCUT2D eigenvalue weighted by Crippen LogP contribution is 2.20. The lowest BCUT2D eigenvalue weighted by Crippen LogP contribution is -2.26. The lowest BCUT2D eigenvalue weighted by molar-refractivity contribution is 0.0955. The van der Waals surface area contributed by atoms with E-state index in [1.165, 1.54) is 0 Å². The van der Waals surface area contributed by atoms with Crippen LogP contribution in [0.15, 0.2) is 27.6 Å². The fourth-order valence-electron chi connectivity index (χ4n) is 1.15. The fourth-order valence-corrected chi connectivity index (χ4v) is 2.29. The maximum atomic E-state index is 11.8. The molecule has 5 heteroatoms. The molecule has 0 aliphatic heterocycles. The number of amides is 1. The van der Waals surface area contributed by atoms with Crippen LogP contribution in [0.2, 0.25) is 0 Å². The number of hydrogen-bond donors (Lipinski definition) is 2. The van der Waals surface area contributed by atoms with Crippen molar-refractivity contribution in [2.24, 2.45) is 0 Å². The second kappa shape index (κ2) is 7.70. The number of carbonyl (C=O) groups excluding carboxylic acids is 1. The molecule has 0 bridgehead atoms. The maximum absolute atomic E-state index is 11.8. The molecule has 0 aliphatic rings. The molecule has 1 N–H and O–H groups in total. The fraction of sp³-hybridized carbons (Fsp3) is 0.250. The third-order valence-electron chi connectivity index (χ3n) is 1.91. The van der Waals surface area contributed by atoms with Gasteiger partial charge in [-0.05, 0) is 34.1 Å². The van der Waals surface area contributed by atoms with Gasteiger partial charge in [-0.2, -0.15) is 0 Å². The Morgan fingerprint density at radius 1 is 1.59 bits per heavy atom. The molecule has 0 saturated carbocycles. The minimum atomic E-state index is -0.103. The first-order valence-corrected chi connectivity index (χ1v) is 7.32. The predicted octanol–water partition coefficient (Wildman–Crippen LogP) is 2.83. The van der Waals surface area contributed by atoms with Crippen LogP contribution in [0.25, 0.3) is 0 Å². The van der Waals surface area contributed by atoms with E-state index in [4.69, 9.17) is 6.42 Å². The van der Waals surface area contributed by atoms with E-state index in [1.807, 2.05) is 12.1 Å². The summed E-state index contributed by atoms with van der Waals surface area (Å²) in [6.07, 6.45) is 5.13. The van der Waals surface area contributed by atoms with Crippen molar-refractivity contribution in [3.05, 3.63) is 28.2 Å². The van der Waals surface area contributed by atoms with Crippen LogP contribution in [0, 0.1) is 12.3 Å². The molecular weight excluding hydrogens is 318 g/mol. The molecule has 2 nitrogen and oxygen atoms in total. The monoisotopic (exact) mass is 329 g/mol. The summed E-state index contributed by atoms with van der Waals surface area (Å²) in [7, 11) is 0. The summed E-state index contributed by atoms with van der Waals surface area (Å²) in [5, 5.41) is 2.83. The third kappa shape index (κ3) is 5.07. The van der Waals surface area contributed by atoms with E-state index in [-0.39, 0.29) is 5.91 Å². The van der Waals surface area contributed by atoms with E-state index in [9.17, 15) is 4.79 Å². The molecule has 0 atom stereocenters. The minimum absolute atomic E-state index is 0.103. The molecule has 1 rings (SSSR count). The van der Waals surface area contributed by atoms with Crippen molar-refractivity contribution in [3.63, 3.8) is 0 Å². The smallest absolute Gasteiger partial charge is 0.252 e. The first-order valence-electron chi connectivity index (χ1n) is 4.93. The molecule has 0 aromatic heterocycles. The van der Waals surface area contributed by atoms with Crippen molar-refractivity contribution < 1.29 is 4.79 Å². The molecular formula is C12H12BrNOS2. The van der Waals surface area contributed by atoms with E-state index < -0.39 is 0 Å². The van der Waals surface area contributed by atoms with Crippen LogP contribution in [0.4, 0.5) is 0 Å². The Kier molecular flexibility index (Phi) is 6.56. The number of benzene rings is 1. The predicted molar refractivity (Wildman–Crippen MR) is 79.9 cm³/mol. The standard InChI is InChI=1S/C12H12BrNOS2/c1-2-6-17-7-5-14-12(15)10-8-9(16)3-4-11(10)13/h1,3-4,8,16H,5-7H2,(H,14,15). The highest BCUT2D eigenvalue weighted by molar-refractivity contribution is 9.10. The largest absolute Gasteiger partial charge is 0.351 e. The molecule has 17 heavy (non-hydrogen) atoms. The van der Waals surface area contributed by atoms with Gasteiger partial charge in [0.05, 0.1) is 11.3 Å². The van der Waals surface area contributed by atoms with Crippen LogP contribution in [-0.2, 0) is 0 Å². The SMILES string of the molecule is C#CCSCCNC(=O)c1cc(S)ccc1Br. The van der Waals surface area contributed by atoms with E-state index in [0.29, 0.717) is 17.9 Å².